The largest absolute Gasteiger partial charge is 0.416 e. The number of carbonyl (C=O) groups excluding carboxylic acids is 1. The van der Waals surface area contributed by atoms with E-state index in [1.54, 1.807) is 13.8 Å². The Morgan fingerprint density at radius 3 is 2.53 bits per heavy atom. The fraction of sp³-hybridized carbons (Fsp3) is 0.400. The number of rotatable bonds is 4. The van der Waals surface area contributed by atoms with Gasteiger partial charge in [0, 0.05) is 22.5 Å². The molecular formula is C20H19ClF5N3O2S. The molecule has 1 aliphatic rings. The second kappa shape index (κ2) is 8.93. The van der Waals surface area contributed by atoms with Gasteiger partial charge in [0.05, 0.1) is 22.9 Å². The maximum absolute atomic E-state index is 14.7. The van der Waals surface area contributed by atoms with Crippen LogP contribution in [-0.4, -0.2) is 38.8 Å². The number of nitrogens with zero attached hydrogens (tertiary/aromatic N) is 3. The number of halogens is 6. The molecule has 12 heteroatoms. The number of aromatic nitrogens is 1. The molecule has 1 aromatic heterocycles. The van der Waals surface area contributed by atoms with Crippen molar-refractivity contribution in [2.75, 3.05) is 21.4 Å². The van der Waals surface area contributed by atoms with Gasteiger partial charge in [0.2, 0.25) is 0 Å². The zero-order valence-electron chi connectivity index (χ0n) is 17.2. The van der Waals surface area contributed by atoms with Crippen LogP contribution in [0.4, 0.5) is 33.5 Å². The van der Waals surface area contributed by atoms with E-state index in [4.69, 9.17) is 11.6 Å². The molecule has 2 aromatic rings. The lowest BCUT2D eigenvalue weighted by Gasteiger charge is -2.33. The third-order valence-corrected chi connectivity index (χ3v) is 6.48. The predicted octanol–water partition coefficient (Wildman–Crippen LogP) is 4.68. The van der Waals surface area contributed by atoms with Crippen molar-refractivity contribution in [2.45, 2.75) is 39.0 Å². The molecule has 1 aromatic carbocycles. The van der Waals surface area contributed by atoms with E-state index < -0.39 is 57.2 Å². The van der Waals surface area contributed by atoms with Gasteiger partial charge in [-0.1, -0.05) is 11.6 Å². The zero-order valence-corrected chi connectivity index (χ0v) is 18.8. The maximum atomic E-state index is 14.7. The number of alkyl halides is 3. The van der Waals surface area contributed by atoms with Gasteiger partial charge in [-0.25, -0.2) is 13.8 Å². The second-order valence-corrected chi connectivity index (χ2v) is 9.42. The van der Waals surface area contributed by atoms with Crippen LogP contribution in [-0.2, 0) is 21.8 Å². The Hall–Kier alpha value is -2.27. The Labute approximate surface area is 188 Å². The van der Waals surface area contributed by atoms with Crippen molar-refractivity contribution in [2.24, 2.45) is 0 Å². The van der Waals surface area contributed by atoms with E-state index >= 15 is 0 Å². The van der Waals surface area contributed by atoms with Crippen LogP contribution < -0.4 is 9.80 Å². The molecule has 3 rings (SSSR count). The van der Waals surface area contributed by atoms with Crippen LogP contribution in [0.2, 0.25) is 5.02 Å². The van der Waals surface area contributed by atoms with Gasteiger partial charge in [0.15, 0.2) is 5.82 Å². The summed E-state index contributed by atoms with van der Waals surface area (Å²) < 4.78 is 80.4. The molecule has 1 saturated heterocycles. The van der Waals surface area contributed by atoms with Crippen molar-refractivity contribution in [1.82, 2.24) is 4.98 Å². The van der Waals surface area contributed by atoms with E-state index in [1.807, 2.05) is 0 Å². The van der Waals surface area contributed by atoms with Crippen molar-refractivity contribution in [3.63, 3.8) is 0 Å². The Kier molecular flexibility index (Phi) is 6.80. The quantitative estimate of drug-likeness (QED) is 0.457. The van der Waals surface area contributed by atoms with Gasteiger partial charge in [-0.05, 0) is 45.0 Å². The highest BCUT2D eigenvalue weighted by Gasteiger charge is 2.41. The van der Waals surface area contributed by atoms with E-state index in [0.29, 0.717) is 0 Å². The van der Waals surface area contributed by atoms with E-state index in [1.165, 1.54) is 11.8 Å². The van der Waals surface area contributed by atoms with Crippen LogP contribution >= 0.6 is 11.6 Å². The minimum Gasteiger partial charge on any atom is -0.332 e. The van der Waals surface area contributed by atoms with E-state index in [0.717, 1.165) is 29.2 Å². The average molecular weight is 496 g/mol. The number of hydrogen-bond donors (Lipinski definition) is 0. The fourth-order valence-corrected chi connectivity index (χ4v) is 5.03. The minimum atomic E-state index is -4.64. The number of amides is 1. The summed E-state index contributed by atoms with van der Waals surface area (Å²) in [7, 11) is -1.56. The molecule has 0 spiro atoms. The van der Waals surface area contributed by atoms with Crippen LogP contribution in [0, 0.1) is 18.6 Å². The van der Waals surface area contributed by atoms with Crippen molar-refractivity contribution < 1.29 is 31.0 Å². The van der Waals surface area contributed by atoms with E-state index in [-0.39, 0.29) is 28.8 Å². The van der Waals surface area contributed by atoms with Gasteiger partial charge in [-0.3, -0.25) is 9.00 Å². The van der Waals surface area contributed by atoms with Gasteiger partial charge in [0.25, 0.3) is 5.91 Å². The highest BCUT2D eigenvalue weighted by Crippen LogP contribution is 2.35. The smallest absolute Gasteiger partial charge is 0.332 e. The molecular weight excluding hydrogens is 477 g/mol. The number of carbonyl (C=O) groups is 1. The zero-order chi connectivity index (χ0) is 24.0. The lowest BCUT2D eigenvalue weighted by molar-refractivity contribution is -0.137. The van der Waals surface area contributed by atoms with Crippen molar-refractivity contribution in [1.29, 1.82) is 0 Å². The van der Waals surface area contributed by atoms with Crippen LogP contribution in [0.1, 0.15) is 25.1 Å². The molecule has 1 unspecified atom stereocenters. The molecule has 5 nitrogen and oxygen atoms in total. The highest BCUT2D eigenvalue weighted by molar-refractivity contribution is 7.85. The van der Waals surface area contributed by atoms with Crippen LogP contribution in [0.25, 0.3) is 0 Å². The monoisotopic (exact) mass is 495 g/mol. The molecule has 1 fully saturated rings. The van der Waals surface area contributed by atoms with Gasteiger partial charge < -0.3 is 9.80 Å². The molecule has 174 valence electrons. The predicted molar refractivity (Wildman–Crippen MR) is 112 cm³/mol. The van der Waals surface area contributed by atoms with Crippen molar-refractivity contribution in [3.8, 4) is 0 Å². The van der Waals surface area contributed by atoms with Gasteiger partial charge >= 0.3 is 6.18 Å². The number of benzene rings is 1. The Morgan fingerprint density at radius 2 is 1.94 bits per heavy atom. The highest BCUT2D eigenvalue weighted by atomic mass is 35.5. The first-order chi connectivity index (χ1) is 14.8. The summed E-state index contributed by atoms with van der Waals surface area (Å²) in [4.78, 5) is 19.8. The van der Waals surface area contributed by atoms with E-state index in [2.05, 4.69) is 4.98 Å². The molecule has 0 radical (unpaired) electrons. The van der Waals surface area contributed by atoms with Crippen LogP contribution in [0.15, 0.2) is 24.3 Å². The first-order valence-corrected chi connectivity index (χ1v) is 11.3. The summed E-state index contributed by atoms with van der Waals surface area (Å²) in [6.45, 7) is 4.54. The number of aryl methyl sites for hydroxylation is 1. The van der Waals surface area contributed by atoms with Crippen molar-refractivity contribution in [3.05, 3.63) is 52.2 Å². The molecule has 0 aliphatic carbocycles. The standard InChI is InChI=1S/C20H19ClF5N3O2S/c1-10(2)29(14-5-4-13(22)17(21)18(14)23)19(30)15-8-32(31)9-28(15)16-7-12(20(24,25)26)6-11(3)27-16/h4-7,10,15H,8-9H2,1-3H3/t15-,32?/m1/s1. The fourth-order valence-electron chi connectivity index (χ4n) is 3.47. The molecule has 1 amide bonds. The summed E-state index contributed by atoms with van der Waals surface area (Å²) in [6, 6.07) is 1.82. The number of anilines is 2. The third kappa shape index (κ3) is 4.73. The number of pyridine rings is 1. The molecule has 32 heavy (non-hydrogen) atoms. The maximum Gasteiger partial charge on any atom is 0.416 e. The molecule has 2 heterocycles. The number of hydrogen-bond acceptors (Lipinski definition) is 4. The first-order valence-electron chi connectivity index (χ1n) is 9.45. The van der Waals surface area contributed by atoms with Gasteiger partial charge in [0.1, 0.15) is 22.7 Å². The molecule has 0 N–H and O–H groups in total. The average Bonchev–Trinajstić information content (AvgIpc) is 3.08. The van der Waals surface area contributed by atoms with Crippen molar-refractivity contribution >= 4 is 39.8 Å². The third-order valence-electron chi connectivity index (χ3n) is 4.88. The molecule has 1 aliphatic heterocycles. The summed E-state index contributed by atoms with van der Waals surface area (Å²) in [6.07, 6.45) is -4.64. The van der Waals surface area contributed by atoms with Gasteiger partial charge in [-0.2, -0.15) is 13.2 Å². The SMILES string of the molecule is Cc1cc(C(F)(F)F)cc(N2CS(=O)C[C@@H]2C(=O)N(c2ccc(F)c(Cl)c2F)C(C)C)n1. The van der Waals surface area contributed by atoms with Crippen LogP contribution in [0.3, 0.4) is 0 Å². The lowest BCUT2D eigenvalue weighted by Crippen LogP contribution is -2.50. The summed E-state index contributed by atoms with van der Waals surface area (Å²) in [5, 5.41) is -0.789. The Bertz CT molecular complexity index is 1080. The summed E-state index contributed by atoms with van der Waals surface area (Å²) >= 11 is 5.66. The summed E-state index contributed by atoms with van der Waals surface area (Å²) in [5.41, 5.74) is -1.18. The summed E-state index contributed by atoms with van der Waals surface area (Å²) in [5.74, 6) is -3.44. The molecule has 0 bridgehead atoms. The first kappa shape index (κ1) is 24.4. The molecule has 2 atom stereocenters. The topological polar surface area (TPSA) is 53.5 Å². The lowest BCUT2D eigenvalue weighted by atomic mass is 10.1. The van der Waals surface area contributed by atoms with Crippen LogP contribution in [0.5, 0.6) is 0 Å². The minimum absolute atomic E-state index is 0.0655. The van der Waals surface area contributed by atoms with Gasteiger partial charge in [-0.15, -0.1) is 0 Å². The Morgan fingerprint density at radius 1 is 1.28 bits per heavy atom. The molecule has 0 saturated carbocycles. The Balaban J connectivity index is 2.05. The normalized spacial score (nSPS) is 19.0. The van der Waals surface area contributed by atoms with E-state index in [9.17, 15) is 31.0 Å². The second-order valence-electron chi connectivity index (χ2n) is 7.57.